The number of hydrogen-bond acceptors (Lipinski definition) is 5. The Morgan fingerprint density at radius 1 is 0.397 bits per heavy atom. The fourth-order valence-electron chi connectivity index (χ4n) is 9.81. The van der Waals surface area contributed by atoms with Crippen LogP contribution < -0.4 is 5.32 Å². The van der Waals surface area contributed by atoms with Crippen LogP contribution in [0.1, 0.15) is 348 Å². The van der Waals surface area contributed by atoms with E-state index >= 15 is 0 Å². The van der Waals surface area contributed by atoms with E-state index in [4.69, 9.17) is 4.74 Å². The monoisotopic (exact) mass is 960 g/mol. The van der Waals surface area contributed by atoms with E-state index in [-0.39, 0.29) is 18.5 Å². The maximum absolute atomic E-state index is 12.5. The van der Waals surface area contributed by atoms with Crippen molar-refractivity contribution in [1.82, 2.24) is 5.32 Å². The highest BCUT2D eigenvalue weighted by Gasteiger charge is 2.20. The number of rotatable bonds is 58. The summed E-state index contributed by atoms with van der Waals surface area (Å²) < 4.78 is 5.48. The van der Waals surface area contributed by atoms with Crippen LogP contribution in [0.2, 0.25) is 0 Å². The first-order chi connectivity index (χ1) is 33.5. The molecule has 68 heavy (non-hydrogen) atoms. The third kappa shape index (κ3) is 53.9. The van der Waals surface area contributed by atoms with Crippen LogP contribution in [0.15, 0.2) is 12.2 Å². The Morgan fingerprint density at radius 3 is 1.04 bits per heavy atom. The van der Waals surface area contributed by atoms with Gasteiger partial charge in [0.2, 0.25) is 5.91 Å². The number of nitrogens with one attached hydrogen (secondary N) is 1. The van der Waals surface area contributed by atoms with Crippen LogP contribution >= 0.6 is 0 Å². The van der Waals surface area contributed by atoms with Gasteiger partial charge in [-0.3, -0.25) is 9.59 Å². The van der Waals surface area contributed by atoms with Crippen molar-refractivity contribution in [2.75, 3.05) is 13.2 Å². The van der Waals surface area contributed by atoms with Gasteiger partial charge in [0.1, 0.15) is 0 Å². The topological polar surface area (TPSA) is 95.9 Å². The van der Waals surface area contributed by atoms with Crippen LogP contribution in [0, 0.1) is 0 Å². The standard InChI is InChI=1S/C62H121NO5/c1-3-5-7-9-11-13-15-17-32-36-40-44-48-52-56-62(67)68-57-53-49-45-41-37-33-29-27-25-23-21-19-18-20-22-24-26-28-31-35-39-43-47-51-55-61(66)63-59(58-64)60(65)54-50-46-42-38-34-30-16-14-12-10-8-6-4-2/h15,17,59-60,64-65H,3-14,16,18-58H2,1-2H3,(H,63,66)/b17-15-. The third-order valence-electron chi connectivity index (χ3n) is 14.6. The molecule has 0 saturated heterocycles. The number of carbonyl (C=O) groups is 2. The molecular formula is C62H121NO5. The van der Waals surface area contributed by atoms with E-state index in [1.165, 1.54) is 270 Å². The average Bonchev–Trinajstić information content (AvgIpc) is 3.34. The minimum absolute atomic E-state index is 0.00746. The van der Waals surface area contributed by atoms with Crippen molar-refractivity contribution < 1.29 is 24.5 Å². The van der Waals surface area contributed by atoms with Gasteiger partial charge in [-0.15, -0.1) is 0 Å². The summed E-state index contributed by atoms with van der Waals surface area (Å²) in [6.07, 6.45) is 69.4. The van der Waals surface area contributed by atoms with Gasteiger partial charge in [-0.1, -0.05) is 296 Å². The van der Waals surface area contributed by atoms with Crippen molar-refractivity contribution in [2.45, 2.75) is 360 Å². The van der Waals surface area contributed by atoms with Gasteiger partial charge in [-0.2, -0.15) is 0 Å². The summed E-state index contributed by atoms with van der Waals surface area (Å²) in [6, 6.07) is -0.539. The van der Waals surface area contributed by atoms with Crippen molar-refractivity contribution in [3.8, 4) is 0 Å². The highest BCUT2D eigenvalue weighted by atomic mass is 16.5. The Labute approximate surface area is 425 Å². The van der Waals surface area contributed by atoms with Crippen LogP contribution in [0.4, 0.5) is 0 Å². The van der Waals surface area contributed by atoms with Crippen LogP contribution in [-0.4, -0.2) is 47.4 Å². The van der Waals surface area contributed by atoms with E-state index in [0.29, 0.717) is 25.9 Å². The lowest BCUT2D eigenvalue weighted by atomic mass is 10.0. The number of hydrogen-bond donors (Lipinski definition) is 3. The van der Waals surface area contributed by atoms with E-state index in [0.717, 1.165) is 44.9 Å². The number of aliphatic hydroxyl groups is 2. The summed E-state index contributed by atoms with van der Waals surface area (Å²) in [5.41, 5.74) is 0. The lowest BCUT2D eigenvalue weighted by molar-refractivity contribution is -0.143. The fraction of sp³-hybridized carbons (Fsp3) is 0.935. The van der Waals surface area contributed by atoms with E-state index < -0.39 is 12.1 Å². The number of unbranched alkanes of at least 4 members (excludes halogenated alkanes) is 45. The molecule has 0 aliphatic heterocycles. The van der Waals surface area contributed by atoms with Crippen LogP contribution in [0.25, 0.3) is 0 Å². The number of amides is 1. The largest absolute Gasteiger partial charge is 0.466 e. The first kappa shape index (κ1) is 66.6. The van der Waals surface area contributed by atoms with Crippen molar-refractivity contribution in [3.05, 3.63) is 12.2 Å². The third-order valence-corrected chi connectivity index (χ3v) is 14.6. The minimum atomic E-state index is -0.662. The fourth-order valence-corrected chi connectivity index (χ4v) is 9.81. The molecule has 0 rings (SSSR count). The van der Waals surface area contributed by atoms with Crippen LogP contribution in [0.5, 0.6) is 0 Å². The van der Waals surface area contributed by atoms with Gasteiger partial charge in [0.05, 0.1) is 25.4 Å². The Hall–Kier alpha value is -1.40. The van der Waals surface area contributed by atoms with Crippen molar-refractivity contribution in [2.24, 2.45) is 0 Å². The second-order valence-electron chi connectivity index (χ2n) is 21.4. The van der Waals surface area contributed by atoms with E-state index in [1.807, 2.05) is 0 Å². The first-order valence-electron chi connectivity index (χ1n) is 30.9. The van der Waals surface area contributed by atoms with Gasteiger partial charge in [0, 0.05) is 12.8 Å². The summed E-state index contributed by atoms with van der Waals surface area (Å²) in [5.74, 6) is -0.0248. The summed E-state index contributed by atoms with van der Waals surface area (Å²) in [5, 5.41) is 23.3. The van der Waals surface area contributed by atoms with Gasteiger partial charge < -0.3 is 20.3 Å². The number of ether oxygens (including phenoxy) is 1. The molecule has 0 heterocycles. The number of aliphatic hydroxyl groups excluding tert-OH is 2. The molecule has 0 spiro atoms. The Kier molecular flexibility index (Phi) is 57.0. The number of esters is 1. The highest BCUT2D eigenvalue weighted by molar-refractivity contribution is 5.76. The zero-order valence-corrected chi connectivity index (χ0v) is 46.1. The summed E-state index contributed by atoms with van der Waals surface area (Å²) in [6.45, 7) is 4.96. The summed E-state index contributed by atoms with van der Waals surface area (Å²) >= 11 is 0. The molecule has 2 atom stereocenters. The van der Waals surface area contributed by atoms with E-state index in [2.05, 4.69) is 31.3 Å². The van der Waals surface area contributed by atoms with Crippen molar-refractivity contribution >= 4 is 11.9 Å². The van der Waals surface area contributed by atoms with Crippen molar-refractivity contribution in [1.29, 1.82) is 0 Å². The predicted molar refractivity (Wildman–Crippen MR) is 297 cm³/mol. The predicted octanol–water partition coefficient (Wildman–Crippen LogP) is 19.2. The maximum Gasteiger partial charge on any atom is 0.305 e. The summed E-state index contributed by atoms with van der Waals surface area (Å²) in [7, 11) is 0. The Balaban J connectivity index is 3.35. The first-order valence-corrected chi connectivity index (χ1v) is 30.9. The van der Waals surface area contributed by atoms with Crippen molar-refractivity contribution in [3.63, 3.8) is 0 Å². The molecule has 3 N–H and O–H groups in total. The van der Waals surface area contributed by atoms with Gasteiger partial charge >= 0.3 is 5.97 Å². The smallest absolute Gasteiger partial charge is 0.305 e. The maximum atomic E-state index is 12.5. The molecule has 0 radical (unpaired) electrons. The molecule has 0 fully saturated rings. The van der Waals surface area contributed by atoms with E-state index in [9.17, 15) is 19.8 Å². The SMILES string of the molecule is CCCCCCC/C=C\CCCCCCCC(=O)OCCCCCCCCCCCCCCCCCCCCCCCCCCC(=O)NC(CO)C(O)CCCCCCCCCCCCCCC. The molecule has 6 heteroatoms. The molecule has 0 aliphatic rings. The highest BCUT2D eigenvalue weighted by Crippen LogP contribution is 2.18. The normalized spacial score (nSPS) is 12.6. The van der Waals surface area contributed by atoms with Gasteiger partial charge in [0.15, 0.2) is 0 Å². The molecule has 0 aromatic rings. The lowest BCUT2D eigenvalue weighted by Gasteiger charge is -2.22. The quantitative estimate of drug-likeness (QED) is 0.0321. The summed E-state index contributed by atoms with van der Waals surface area (Å²) in [4.78, 5) is 24.5. The van der Waals surface area contributed by atoms with Gasteiger partial charge in [-0.05, 0) is 51.4 Å². The van der Waals surface area contributed by atoms with Gasteiger partial charge in [0.25, 0.3) is 0 Å². The lowest BCUT2D eigenvalue weighted by Crippen LogP contribution is -2.45. The molecule has 404 valence electrons. The Morgan fingerprint density at radius 2 is 0.691 bits per heavy atom. The van der Waals surface area contributed by atoms with Crippen LogP contribution in [0.3, 0.4) is 0 Å². The van der Waals surface area contributed by atoms with Gasteiger partial charge in [-0.25, -0.2) is 0 Å². The second kappa shape index (κ2) is 58.2. The molecule has 0 bridgehead atoms. The second-order valence-corrected chi connectivity index (χ2v) is 21.4. The molecule has 0 aromatic heterocycles. The molecule has 1 amide bonds. The molecular weight excluding hydrogens is 839 g/mol. The molecule has 0 aromatic carbocycles. The number of allylic oxidation sites excluding steroid dienone is 2. The molecule has 0 saturated carbocycles. The minimum Gasteiger partial charge on any atom is -0.466 e. The Bertz CT molecular complexity index is 1020. The molecule has 2 unspecified atom stereocenters. The zero-order chi connectivity index (χ0) is 49.3. The molecule has 6 nitrogen and oxygen atoms in total. The number of carbonyl (C=O) groups excluding carboxylic acids is 2. The zero-order valence-electron chi connectivity index (χ0n) is 46.1. The van der Waals surface area contributed by atoms with Crippen LogP contribution in [-0.2, 0) is 14.3 Å². The molecule has 0 aliphatic carbocycles. The van der Waals surface area contributed by atoms with E-state index in [1.54, 1.807) is 0 Å². The average molecular weight is 961 g/mol.